The first kappa shape index (κ1) is 14.7. The van der Waals surface area contributed by atoms with Gasteiger partial charge < -0.3 is 20.5 Å². The molecule has 1 atom stereocenters. The lowest BCUT2D eigenvalue weighted by Crippen LogP contribution is -2.45. The van der Waals surface area contributed by atoms with Gasteiger partial charge in [0.05, 0.1) is 12.0 Å². The van der Waals surface area contributed by atoms with Gasteiger partial charge in [0.1, 0.15) is 0 Å². The number of carboxylic acids is 1. The monoisotopic (exact) mass is 232 g/mol. The van der Waals surface area contributed by atoms with Gasteiger partial charge in [0, 0.05) is 20.2 Å². The summed E-state index contributed by atoms with van der Waals surface area (Å²) in [7, 11) is 1.54. The molecule has 0 aromatic rings. The van der Waals surface area contributed by atoms with Crippen LogP contribution in [-0.2, 0) is 9.53 Å². The summed E-state index contributed by atoms with van der Waals surface area (Å²) in [4.78, 5) is 22.2. The Hall–Kier alpha value is -1.30. The normalized spacial score (nSPS) is 13.9. The topological polar surface area (TPSA) is 87.7 Å². The molecule has 0 aliphatic heterocycles. The van der Waals surface area contributed by atoms with Crippen molar-refractivity contribution >= 4 is 12.0 Å². The number of carboxylic acid groups (broad SMARTS) is 1. The molecule has 6 heteroatoms. The number of hydrogen-bond acceptors (Lipinski definition) is 3. The molecule has 0 spiro atoms. The van der Waals surface area contributed by atoms with Crippen LogP contribution in [0.3, 0.4) is 0 Å². The maximum Gasteiger partial charge on any atom is 0.314 e. The quantitative estimate of drug-likeness (QED) is 0.555. The molecule has 0 aromatic heterocycles. The fraction of sp³-hybridized carbons (Fsp3) is 0.800. The Kier molecular flexibility index (Phi) is 6.48. The van der Waals surface area contributed by atoms with Crippen LogP contribution >= 0.6 is 0 Å². The molecule has 0 heterocycles. The van der Waals surface area contributed by atoms with E-state index in [1.54, 1.807) is 13.8 Å². The molecule has 0 aromatic carbocycles. The lowest BCUT2D eigenvalue weighted by Gasteiger charge is -2.23. The van der Waals surface area contributed by atoms with Crippen LogP contribution in [0.25, 0.3) is 0 Å². The molecule has 0 saturated heterocycles. The fourth-order valence-electron chi connectivity index (χ4n) is 0.956. The van der Waals surface area contributed by atoms with E-state index in [1.165, 1.54) is 7.11 Å². The third kappa shape index (κ3) is 4.97. The Morgan fingerprint density at radius 2 is 2.00 bits per heavy atom. The maximum atomic E-state index is 11.2. The van der Waals surface area contributed by atoms with Gasteiger partial charge in [0.15, 0.2) is 0 Å². The Labute approximate surface area is 95.4 Å². The molecule has 3 N–H and O–H groups in total. The number of aliphatic carboxylic acids is 1. The van der Waals surface area contributed by atoms with Crippen LogP contribution < -0.4 is 10.6 Å². The van der Waals surface area contributed by atoms with Gasteiger partial charge in [-0.1, -0.05) is 6.92 Å². The molecule has 0 bridgehead atoms. The number of carbonyl (C=O) groups is 2. The Morgan fingerprint density at radius 1 is 1.38 bits per heavy atom. The van der Waals surface area contributed by atoms with Crippen molar-refractivity contribution in [2.75, 3.05) is 26.8 Å². The third-order valence-corrected chi connectivity index (χ3v) is 2.53. The predicted octanol–water partition coefficient (Wildman–Crippen LogP) is 0.433. The van der Waals surface area contributed by atoms with Crippen LogP contribution in [0.2, 0.25) is 0 Å². The van der Waals surface area contributed by atoms with Crippen molar-refractivity contribution in [2.24, 2.45) is 5.41 Å². The average molecular weight is 232 g/mol. The number of methoxy groups -OCH3 is 1. The smallest absolute Gasteiger partial charge is 0.314 e. The molecular formula is C10H20N2O4. The van der Waals surface area contributed by atoms with E-state index < -0.39 is 11.4 Å². The molecule has 0 fully saturated rings. The zero-order valence-corrected chi connectivity index (χ0v) is 10.0. The minimum absolute atomic E-state index is 0.109. The highest BCUT2D eigenvalue weighted by atomic mass is 16.5. The van der Waals surface area contributed by atoms with E-state index in [0.717, 1.165) is 0 Å². The highest BCUT2D eigenvalue weighted by Gasteiger charge is 2.31. The number of nitrogens with one attached hydrogen (secondary N) is 2. The number of urea groups is 1. The van der Waals surface area contributed by atoms with E-state index in [4.69, 9.17) is 9.84 Å². The zero-order chi connectivity index (χ0) is 12.6. The Morgan fingerprint density at radius 3 is 2.44 bits per heavy atom. The minimum Gasteiger partial charge on any atom is -0.481 e. The molecule has 94 valence electrons. The van der Waals surface area contributed by atoms with E-state index in [2.05, 4.69) is 10.6 Å². The first-order valence-corrected chi connectivity index (χ1v) is 5.20. The van der Waals surface area contributed by atoms with E-state index in [0.29, 0.717) is 19.6 Å². The molecule has 0 aliphatic rings. The van der Waals surface area contributed by atoms with Crippen molar-refractivity contribution in [3.05, 3.63) is 0 Å². The minimum atomic E-state index is -0.918. The van der Waals surface area contributed by atoms with Gasteiger partial charge in [-0.3, -0.25) is 4.79 Å². The summed E-state index contributed by atoms with van der Waals surface area (Å²) in [5.74, 6) is -0.910. The summed E-state index contributed by atoms with van der Waals surface area (Å²) < 4.78 is 4.76. The molecule has 16 heavy (non-hydrogen) atoms. The van der Waals surface area contributed by atoms with E-state index in [1.807, 2.05) is 0 Å². The number of carbonyl (C=O) groups excluding carboxylic acids is 1. The fourth-order valence-corrected chi connectivity index (χ4v) is 0.956. The van der Waals surface area contributed by atoms with Gasteiger partial charge >= 0.3 is 12.0 Å². The lowest BCUT2D eigenvalue weighted by molar-refractivity contribution is -0.147. The maximum absolute atomic E-state index is 11.2. The SMILES string of the molecule is CCC(C)(CNC(=O)NCCOC)C(=O)O. The van der Waals surface area contributed by atoms with E-state index in [-0.39, 0.29) is 12.6 Å². The number of ether oxygens (including phenoxy) is 1. The summed E-state index contributed by atoms with van der Waals surface area (Å²) in [6, 6.07) is -0.377. The van der Waals surface area contributed by atoms with Gasteiger partial charge in [-0.05, 0) is 13.3 Å². The number of hydrogen-bond donors (Lipinski definition) is 3. The molecule has 0 rings (SSSR count). The molecule has 6 nitrogen and oxygen atoms in total. The summed E-state index contributed by atoms with van der Waals surface area (Å²) in [6.45, 7) is 4.32. The van der Waals surface area contributed by atoms with Crippen molar-refractivity contribution in [2.45, 2.75) is 20.3 Å². The summed E-state index contributed by atoms with van der Waals surface area (Å²) in [6.07, 6.45) is 0.459. The van der Waals surface area contributed by atoms with Crippen LogP contribution in [0.5, 0.6) is 0 Å². The first-order chi connectivity index (χ1) is 7.46. The van der Waals surface area contributed by atoms with E-state index >= 15 is 0 Å². The van der Waals surface area contributed by atoms with Crippen molar-refractivity contribution < 1.29 is 19.4 Å². The van der Waals surface area contributed by atoms with Crippen molar-refractivity contribution in [3.63, 3.8) is 0 Å². The number of amides is 2. The van der Waals surface area contributed by atoms with Crippen molar-refractivity contribution in [1.29, 1.82) is 0 Å². The standard InChI is InChI=1S/C10H20N2O4/c1-4-10(2,8(13)14)7-12-9(15)11-5-6-16-3/h4-7H2,1-3H3,(H,13,14)(H2,11,12,15). The largest absolute Gasteiger partial charge is 0.481 e. The number of rotatable bonds is 7. The molecule has 0 radical (unpaired) electrons. The summed E-state index contributed by atoms with van der Waals surface area (Å²) in [5.41, 5.74) is -0.918. The molecule has 2 amide bonds. The van der Waals surface area contributed by atoms with Crippen molar-refractivity contribution in [1.82, 2.24) is 10.6 Å². The first-order valence-electron chi connectivity index (χ1n) is 5.20. The summed E-state index contributed by atoms with van der Waals surface area (Å²) >= 11 is 0. The van der Waals surface area contributed by atoms with Crippen LogP contribution in [0.15, 0.2) is 0 Å². The second kappa shape index (κ2) is 7.05. The van der Waals surface area contributed by atoms with Gasteiger partial charge in [0.2, 0.25) is 0 Å². The predicted molar refractivity (Wildman–Crippen MR) is 59.3 cm³/mol. The second-order valence-electron chi connectivity index (χ2n) is 3.82. The van der Waals surface area contributed by atoms with E-state index in [9.17, 15) is 9.59 Å². The molecule has 0 saturated carbocycles. The third-order valence-electron chi connectivity index (χ3n) is 2.53. The Balaban J connectivity index is 3.93. The van der Waals surface area contributed by atoms with Gasteiger partial charge in [-0.15, -0.1) is 0 Å². The highest BCUT2D eigenvalue weighted by Crippen LogP contribution is 2.19. The zero-order valence-electron chi connectivity index (χ0n) is 10.0. The van der Waals surface area contributed by atoms with Crippen LogP contribution in [0.4, 0.5) is 4.79 Å². The van der Waals surface area contributed by atoms with Crippen LogP contribution in [0.1, 0.15) is 20.3 Å². The molecule has 1 unspecified atom stereocenters. The van der Waals surface area contributed by atoms with Crippen molar-refractivity contribution in [3.8, 4) is 0 Å². The highest BCUT2D eigenvalue weighted by molar-refractivity contribution is 5.77. The summed E-state index contributed by atoms with van der Waals surface area (Å²) in [5, 5.41) is 14.0. The molecule has 0 aliphatic carbocycles. The van der Waals surface area contributed by atoms with Crippen LogP contribution in [-0.4, -0.2) is 43.9 Å². The van der Waals surface area contributed by atoms with Gasteiger partial charge in [-0.2, -0.15) is 0 Å². The average Bonchev–Trinajstić information content (AvgIpc) is 2.26. The van der Waals surface area contributed by atoms with Crippen LogP contribution in [0, 0.1) is 5.41 Å². The second-order valence-corrected chi connectivity index (χ2v) is 3.82. The lowest BCUT2D eigenvalue weighted by atomic mass is 9.88. The molecular weight excluding hydrogens is 212 g/mol. The van der Waals surface area contributed by atoms with Gasteiger partial charge in [-0.25, -0.2) is 4.79 Å². The Bertz CT molecular complexity index is 245. The van der Waals surface area contributed by atoms with Gasteiger partial charge in [0.25, 0.3) is 0 Å².